The number of piperidine rings is 1. The molecule has 1 heterocycles. The number of hydrogen-bond acceptors (Lipinski definition) is 4. The van der Waals surface area contributed by atoms with Gasteiger partial charge in [-0.2, -0.15) is 0 Å². The zero-order chi connectivity index (χ0) is 22.7. The molecular weight excluding hydrogens is 378 g/mol. The summed E-state index contributed by atoms with van der Waals surface area (Å²) < 4.78 is 5.52. The number of carbonyl (C=O) groups excluding carboxylic acids is 2. The molecule has 1 saturated heterocycles. The Hall–Kier alpha value is -2.08. The van der Waals surface area contributed by atoms with E-state index < -0.39 is 17.7 Å². The van der Waals surface area contributed by atoms with Crippen LogP contribution in [0.25, 0.3) is 0 Å². The zero-order valence-electron chi connectivity index (χ0n) is 19.8. The molecule has 1 atom stereocenters. The number of ether oxygens (including phenoxy) is 1. The highest BCUT2D eigenvalue weighted by molar-refractivity contribution is 5.86. The van der Waals surface area contributed by atoms with E-state index in [0.717, 1.165) is 18.4 Å². The van der Waals surface area contributed by atoms with Crippen molar-refractivity contribution in [1.29, 1.82) is 0 Å². The van der Waals surface area contributed by atoms with E-state index in [1.165, 1.54) is 4.90 Å². The van der Waals surface area contributed by atoms with Crippen LogP contribution in [0.5, 0.6) is 0 Å². The van der Waals surface area contributed by atoms with Crippen molar-refractivity contribution in [2.75, 3.05) is 7.05 Å². The summed E-state index contributed by atoms with van der Waals surface area (Å²) in [5, 5.41) is 6.86. The average molecular weight is 418 g/mol. The van der Waals surface area contributed by atoms with E-state index in [9.17, 15) is 9.59 Å². The van der Waals surface area contributed by atoms with Gasteiger partial charge in [0.25, 0.3) is 0 Å². The predicted octanol–water partition coefficient (Wildman–Crippen LogP) is 3.89. The second-order valence-electron chi connectivity index (χ2n) is 10.8. The summed E-state index contributed by atoms with van der Waals surface area (Å²) in [6.45, 7) is 14.1. The standard InChI is InChI=1S/C24H39N3O3/c1-22(2,3)30-21(29)27(8)19(14-17-12-10-9-11-13-17)20(28)25-18-15-23(4,5)26-24(6,7)16-18/h9-13,18-19,26H,14-16H2,1-8H3,(H,25,28)/t19-/m1/s1. The minimum atomic E-state index is -0.650. The van der Waals surface area contributed by atoms with Crippen molar-refractivity contribution in [3.8, 4) is 0 Å². The topological polar surface area (TPSA) is 70.7 Å². The van der Waals surface area contributed by atoms with Crippen molar-refractivity contribution in [2.24, 2.45) is 0 Å². The molecule has 0 unspecified atom stereocenters. The average Bonchev–Trinajstić information content (AvgIpc) is 2.55. The van der Waals surface area contributed by atoms with E-state index in [-0.39, 0.29) is 23.0 Å². The number of benzene rings is 1. The summed E-state index contributed by atoms with van der Waals surface area (Å²) in [7, 11) is 1.64. The van der Waals surface area contributed by atoms with E-state index in [2.05, 4.69) is 38.3 Å². The number of carbonyl (C=O) groups is 2. The van der Waals surface area contributed by atoms with Crippen molar-refractivity contribution in [1.82, 2.24) is 15.5 Å². The normalized spacial score (nSPS) is 19.6. The van der Waals surface area contributed by atoms with E-state index in [1.54, 1.807) is 7.05 Å². The molecule has 1 aliphatic heterocycles. The lowest BCUT2D eigenvalue weighted by Crippen LogP contribution is -2.63. The second kappa shape index (κ2) is 8.96. The molecule has 0 saturated carbocycles. The Bertz CT molecular complexity index is 722. The largest absolute Gasteiger partial charge is 0.444 e. The Morgan fingerprint density at radius 1 is 1.13 bits per heavy atom. The summed E-state index contributed by atoms with van der Waals surface area (Å²) in [6, 6.07) is 9.15. The van der Waals surface area contributed by atoms with Crippen LogP contribution in [0.4, 0.5) is 4.79 Å². The van der Waals surface area contributed by atoms with Gasteiger partial charge in [0.05, 0.1) is 0 Å². The van der Waals surface area contributed by atoms with Gasteiger partial charge >= 0.3 is 6.09 Å². The fourth-order valence-electron chi connectivity index (χ4n) is 4.43. The van der Waals surface area contributed by atoms with Gasteiger partial charge in [0.1, 0.15) is 11.6 Å². The van der Waals surface area contributed by atoms with Gasteiger partial charge in [-0.05, 0) is 66.9 Å². The highest BCUT2D eigenvalue weighted by Crippen LogP contribution is 2.28. The number of rotatable bonds is 5. The first-order chi connectivity index (χ1) is 13.7. The Morgan fingerprint density at radius 2 is 1.67 bits per heavy atom. The Labute approximate surface area is 181 Å². The SMILES string of the molecule is CN(C(=O)OC(C)(C)C)[C@H](Cc1ccccc1)C(=O)NC1CC(C)(C)NC(C)(C)C1. The van der Waals surface area contributed by atoms with Crippen LogP contribution >= 0.6 is 0 Å². The molecule has 30 heavy (non-hydrogen) atoms. The summed E-state index contributed by atoms with van der Waals surface area (Å²) in [5.74, 6) is -0.147. The smallest absolute Gasteiger partial charge is 0.410 e. The van der Waals surface area contributed by atoms with Crippen molar-refractivity contribution in [3.63, 3.8) is 0 Å². The fourth-order valence-corrected chi connectivity index (χ4v) is 4.43. The van der Waals surface area contributed by atoms with Gasteiger partial charge in [0.2, 0.25) is 5.91 Å². The summed E-state index contributed by atoms with van der Waals surface area (Å²) >= 11 is 0. The maximum atomic E-state index is 13.4. The molecular formula is C24H39N3O3. The van der Waals surface area contributed by atoms with Crippen LogP contribution in [0, 0.1) is 0 Å². The van der Waals surface area contributed by atoms with Crippen LogP contribution in [0.1, 0.15) is 66.9 Å². The third kappa shape index (κ3) is 7.31. The van der Waals surface area contributed by atoms with Crippen LogP contribution in [0.2, 0.25) is 0 Å². The molecule has 2 amide bonds. The van der Waals surface area contributed by atoms with E-state index in [4.69, 9.17) is 4.74 Å². The summed E-state index contributed by atoms with van der Waals surface area (Å²) in [4.78, 5) is 27.5. The molecule has 1 fully saturated rings. The molecule has 0 aromatic heterocycles. The van der Waals surface area contributed by atoms with Crippen molar-refractivity contribution < 1.29 is 14.3 Å². The maximum Gasteiger partial charge on any atom is 0.410 e. The van der Waals surface area contributed by atoms with Gasteiger partial charge < -0.3 is 15.4 Å². The first-order valence-corrected chi connectivity index (χ1v) is 10.8. The molecule has 0 aliphatic carbocycles. The molecule has 0 bridgehead atoms. The Kier molecular flexibility index (Phi) is 7.23. The Morgan fingerprint density at radius 3 is 2.17 bits per heavy atom. The molecule has 1 aliphatic rings. The van der Waals surface area contributed by atoms with Crippen LogP contribution in [-0.4, -0.2) is 52.7 Å². The lowest BCUT2D eigenvalue weighted by molar-refractivity contribution is -0.127. The number of likely N-dealkylation sites (N-methyl/N-ethyl adjacent to an activating group) is 1. The highest BCUT2D eigenvalue weighted by Gasteiger charge is 2.39. The number of nitrogens with one attached hydrogen (secondary N) is 2. The number of nitrogens with zero attached hydrogens (tertiary/aromatic N) is 1. The lowest BCUT2D eigenvalue weighted by atomic mass is 9.79. The van der Waals surface area contributed by atoms with Crippen LogP contribution in [0.3, 0.4) is 0 Å². The molecule has 2 N–H and O–H groups in total. The third-order valence-corrected chi connectivity index (χ3v) is 5.26. The van der Waals surface area contributed by atoms with E-state index >= 15 is 0 Å². The van der Waals surface area contributed by atoms with Gasteiger partial charge in [-0.3, -0.25) is 9.69 Å². The van der Waals surface area contributed by atoms with Gasteiger partial charge in [0, 0.05) is 30.6 Å². The second-order valence-corrected chi connectivity index (χ2v) is 10.8. The van der Waals surface area contributed by atoms with Crippen LogP contribution in [0.15, 0.2) is 30.3 Å². The van der Waals surface area contributed by atoms with E-state index in [0.29, 0.717) is 6.42 Å². The summed E-state index contributed by atoms with van der Waals surface area (Å²) in [5.41, 5.74) is 0.221. The lowest BCUT2D eigenvalue weighted by Gasteiger charge is -2.47. The van der Waals surface area contributed by atoms with Gasteiger partial charge in [-0.25, -0.2) is 4.79 Å². The number of amides is 2. The minimum absolute atomic E-state index is 0.0362. The zero-order valence-corrected chi connectivity index (χ0v) is 19.8. The highest BCUT2D eigenvalue weighted by atomic mass is 16.6. The minimum Gasteiger partial charge on any atom is -0.444 e. The molecule has 0 radical (unpaired) electrons. The fraction of sp³-hybridized carbons (Fsp3) is 0.667. The van der Waals surface area contributed by atoms with Crippen molar-refractivity contribution in [3.05, 3.63) is 35.9 Å². The van der Waals surface area contributed by atoms with E-state index in [1.807, 2.05) is 51.1 Å². The first-order valence-electron chi connectivity index (χ1n) is 10.8. The van der Waals surface area contributed by atoms with Gasteiger partial charge in [-0.1, -0.05) is 30.3 Å². The molecule has 0 spiro atoms. The van der Waals surface area contributed by atoms with Crippen molar-refractivity contribution >= 4 is 12.0 Å². The van der Waals surface area contributed by atoms with Gasteiger partial charge in [0.15, 0.2) is 0 Å². The third-order valence-electron chi connectivity index (χ3n) is 5.26. The monoisotopic (exact) mass is 417 g/mol. The quantitative estimate of drug-likeness (QED) is 0.762. The van der Waals surface area contributed by atoms with Crippen LogP contribution < -0.4 is 10.6 Å². The molecule has 6 heteroatoms. The predicted molar refractivity (Wildman–Crippen MR) is 120 cm³/mol. The molecule has 1 aromatic carbocycles. The molecule has 1 aromatic rings. The Balaban J connectivity index is 2.20. The summed E-state index contributed by atoms with van der Waals surface area (Å²) in [6.07, 6.45) is 1.59. The van der Waals surface area contributed by atoms with Crippen molar-refractivity contribution in [2.45, 2.75) is 96.5 Å². The molecule has 2 rings (SSSR count). The molecule has 168 valence electrons. The number of hydrogen-bond donors (Lipinski definition) is 2. The maximum absolute atomic E-state index is 13.4. The molecule has 6 nitrogen and oxygen atoms in total. The van der Waals surface area contributed by atoms with Crippen LogP contribution in [-0.2, 0) is 16.0 Å². The van der Waals surface area contributed by atoms with Gasteiger partial charge in [-0.15, -0.1) is 0 Å². The first kappa shape index (κ1) is 24.2.